The lowest BCUT2D eigenvalue weighted by molar-refractivity contribution is -0.118. The highest BCUT2D eigenvalue weighted by molar-refractivity contribution is 6.34. The maximum absolute atomic E-state index is 12.2. The quantitative estimate of drug-likeness (QED) is 0.643. The van der Waals surface area contributed by atoms with E-state index < -0.39 is 11.9 Å². The van der Waals surface area contributed by atoms with Crippen LogP contribution in [0, 0.1) is 13.8 Å². The van der Waals surface area contributed by atoms with Gasteiger partial charge < -0.3 is 19.5 Å². The summed E-state index contributed by atoms with van der Waals surface area (Å²) in [5.74, 6) is -0.201. The van der Waals surface area contributed by atoms with Gasteiger partial charge in [-0.2, -0.15) is 0 Å². The zero-order chi connectivity index (χ0) is 20.8. The molecule has 0 fully saturated rings. The Morgan fingerprint density at radius 2 is 1.71 bits per heavy atom. The third-order valence-corrected chi connectivity index (χ3v) is 4.75. The van der Waals surface area contributed by atoms with Crippen molar-refractivity contribution in [2.75, 3.05) is 25.6 Å². The van der Waals surface area contributed by atoms with Crippen molar-refractivity contribution in [3.63, 3.8) is 0 Å². The average molecular weight is 426 g/mol. The fourth-order valence-electron chi connectivity index (χ4n) is 2.51. The molecule has 1 N–H and O–H groups in total. The Morgan fingerprint density at radius 1 is 1.07 bits per heavy atom. The molecular formula is C20H21Cl2NO5. The fourth-order valence-corrected chi connectivity index (χ4v) is 2.83. The normalized spacial score (nSPS) is 10.4. The van der Waals surface area contributed by atoms with Gasteiger partial charge in [0.2, 0.25) is 0 Å². The van der Waals surface area contributed by atoms with E-state index in [9.17, 15) is 9.59 Å². The Kier molecular flexibility index (Phi) is 7.54. The van der Waals surface area contributed by atoms with Gasteiger partial charge in [0.25, 0.3) is 5.91 Å². The number of halogens is 2. The summed E-state index contributed by atoms with van der Waals surface area (Å²) in [6, 6.07) is 6.36. The van der Waals surface area contributed by atoms with E-state index in [2.05, 4.69) is 5.32 Å². The van der Waals surface area contributed by atoms with Crippen LogP contribution in [-0.4, -0.2) is 32.2 Å². The van der Waals surface area contributed by atoms with Crippen LogP contribution in [0.4, 0.5) is 5.69 Å². The maximum Gasteiger partial charge on any atom is 0.341 e. The molecule has 0 atom stereocenters. The predicted molar refractivity (Wildman–Crippen MR) is 109 cm³/mol. The number of benzene rings is 2. The number of carbonyl (C=O) groups is 2. The number of hydrogen-bond acceptors (Lipinski definition) is 5. The number of carbonyl (C=O) groups excluding carboxylic acids is 2. The van der Waals surface area contributed by atoms with E-state index in [1.54, 1.807) is 19.1 Å². The minimum Gasteiger partial charge on any atom is -0.496 e. The minimum absolute atomic E-state index is 0.176. The number of anilines is 1. The van der Waals surface area contributed by atoms with Crippen LogP contribution in [0.5, 0.6) is 11.5 Å². The minimum atomic E-state index is -0.559. The molecule has 6 nitrogen and oxygen atoms in total. The van der Waals surface area contributed by atoms with Crippen LogP contribution < -0.4 is 14.8 Å². The number of methoxy groups -OCH3 is 1. The Balaban J connectivity index is 2.10. The number of rotatable bonds is 7. The second-order valence-electron chi connectivity index (χ2n) is 5.96. The third-order valence-electron chi connectivity index (χ3n) is 3.84. The summed E-state index contributed by atoms with van der Waals surface area (Å²) in [5, 5.41) is 3.48. The van der Waals surface area contributed by atoms with Crippen LogP contribution >= 0.6 is 23.2 Å². The molecule has 0 aliphatic carbocycles. The Labute approximate surface area is 173 Å². The third kappa shape index (κ3) is 5.30. The molecule has 0 spiro atoms. The molecule has 0 aliphatic heterocycles. The molecule has 0 bridgehead atoms. The van der Waals surface area contributed by atoms with Crippen molar-refractivity contribution in [1.29, 1.82) is 0 Å². The molecule has 0 unspecified atom stereocenters. The van der Waals surface area contributed by atoms with Gasteiger partial charge in [-0.3, -0.25) is 4.79 Å². The highest BCUT2D eigenvalue weighted by atomic mass is 35.5. The van der Waals surface area contributed by atoms with Crippen LogP contribution in [0.25, 0.3) is 0 Å². The average Bonchev–Trinajstić information content (AvgIpc) is 2.65. The molecule has 8 heteroatoms. The van der Waals surface area contributed by atoms with Crippen molar-refractivity contribution in [2.24, 2.45) is 0 Å². The molecule has 0 saturated carbocycles. The number of esters is 1. The van der Waals surface area contributed by atoms with Crippen molar-refractivity contribution >= 4 is 40.8 Å². The molecule has 150 valence electrons. The van der Waals surface area contributed by atoms with Crippen LogP contribution in [0.1, 0.15) is 28.4 Å². The van der Waals surface area contributed by atoms with E-state index in [0.29, 0.717) is 16.5 Å². The zero-order valence-corrected chi connectivity index (χ0v) is 17.5. The smallest absolute Gasteiger partial charge is 0.341 e. The highest BCUT2D eigenvalue weighted by Crippen LogP contribution is 2.31. The monoisotopic (exact) mass is 425 g/mol. The maximum atomic E-state index is 12.2. The topological polar surface area (TPSA) is 73.9 Å². The van der Waals surface area contributed by atoms with Crippen LogP contribution in [0.2, 0.25) is 10.0 Å². The molecule has 28 heavy (non-hydrogen) atoms. The van der Waals surface area contributed by atoms with Gasteiger partial charge in [-0.1, -0.05) is 23.2 Å². The van der Waals surface area contributed by atoms with E-state index in [1.165, 1.54) is 19.2 Å². The molecular weight excluding hydrogens is 405 g/mol. The van der Waals surface area contributed by atoms with Crippen molar-refractivity contribution in [1.82, 2.24) is 0 Å². The summed E-state index contributed by atoms with van der Waals surface area (Å²) in [5.41, 5.74) is 2.19. The first-order valence-corrected chi connectivity index (χ1v) is 9.26. The largest absolute Gasteiger partial charge is 0.496 e. The fraction of sp³-hybridized carbons (Fsp3) is 0.300. The van der Waals surface area contributed by atoms with Gasteiger partial charge >= 0.3 is 5.97 Å². The molecule has 0 radical (unpaired) electrons. The van der Waals surface area contributed by atoms with Gasteiger partial charge in [-0.15, -0.1) is 0 Å². The molecule has 2 aromatic carbocycles. The van der Waals surface area contributed by atoms with Gasteiger partial charge in [-0.05, 0) is 50.1 Å². The summed E-state index contributed by atoms with van der Waals surface area (Å²) in [7, 11) is 1.41. The highest BCUT2D eigenvalue weighted by Gasteiger charge is 2.18. The van der Waals surface area contributed by atoms with Crippen molar-refractivity contribution in [3.05, 3.63) is 51.0 Å². The van der Waals surface area contributed by atoms with Crippen LogP contribution in [-0.2, 0) is 9.53 Å². The lowest BCUT2D eigenvalue weighted by Crippen LogP contribution is -2.20. The zero-order valence-electron chi connectivity index (χ0n) is 16.0. The standard InChI is InChI=1S/C20H21Cl2NO5/c1-5-27-20(25)14-8-15(21)16(9-17(14)26-4)23-18(24)10-28-13-6-11(2)19(22)12(3)7-13/h6-9H,5,10H2,1-4H3,(H,23,24). The van der Waals surface area contributed by atoms with E-state index in [-0.39, 0.29) is 29.5 Å². The Morgan fingerprint density at radius 3 is 2.29 bits per heavy atom. The first-order chi connectivity index (χ1) is 13.3. The number of ether oxygens (including phenoxy) is 3. The van der Waals surface area contributed by atoms with E-state index in [4.69, 9.17) is 37.4 Å². The summed E-state index contributed by atoms with van der Waals surface area (Å²) in [4.78, 5) is 24.2. The molecule has 0 heterocycles. The van der Waals surface area contributed by atoms with Crippen LogP contribution in [0.3, 0.4) is 0 Å². The first kappa shape index (κ1) is 21.9. The molecule has 2 aromatic rings. The lowest BCUT2D eigenvalue weighted by atomic mass is 10.1. The van der Waals surface area contributed by atoms with E-state index in [0.717, 1.165) is 11.1 Å². The van der Waals surface area contributed by atoms with Gasteiger partial charge in [0, 0.05) is 11.1 Å². The molecule has 0 aliphatic rings. The van der Waals surface area contributed by atoms with Gasteiger partial charge in [0.15, 0.2) is 6.61 Å². The summed E-state index contributed by atoms with van der Waals surface area (Å²) < 4.78 is 15.7. The number of amides is 1. The molecule has 0 aromatic heterocycles. The van der Waals surface area contributed by atoms with E-state index >= 15 is 0 Å². The van der Waals surface area contributed by atoms with Crippen molar-refractivity contribution < 1.29 is 23.8 Å². The second-order valence-corrected chi connectivity index (χ2v) is 6.75. The number of hydrogen-bond donors (Lipinski definition) is 1. The summed E-state index contributed by atoms with van der Waals surface area (Å²) in [6.07, 6.45) is 0. The molecule has 2 rings (SSSR count). The van der Waals surface area contributed by atoms with Crippen molar-refractivity contribution in [2.45, 2.75) is 20.8 Å². The predicted octanol–water partition coefficient (Wildman–Crippen LogP) is 4.81. The molecule has 0 saturated heterocycles. The summed E-state index contributed by atoms with van der Waals surface area (Å²) >= 11 is 12.3. The van der Waals surface area contributed by atoms with E-state index in [1.807, 2.05) is 13.8 Å². The van der Waals surface area contributed by atoms with Gasteiger partial charge in [0.1, 0.15) is 17.1 Å². The number of nitrogens with one attached hydrogen (secondary N) is 1. The van der Waals surface area contributed by atoms with Gasteiger partial charge in [-0.25, -0.2) is 4.79 Å². The number of aryl methyl sites for hydroxylation is 2. The second kappa shape index (κ2) is 9.66. The van der Waals surface area contributed by atoms with Crippen molar-refractivity contribution in [3.8, 4) is 11.5 Å². The molecule has 1 amide bonds. The van der Waals surface area contributed by atoms with Gasteiger partial charge in [0.05, 0.1) is 24.4 Å². The van der Waals surface area contributed by atoms with Crippen LogP contribution in [0.15, 0.2) is 24.3 Å². The summed E-state index contributed by atoms with van der Waals surface area (Å²) in [6.45, 7) is 5.42. The lowest BCUT2D eigenvalue weighted by Gasteiger charge is -2.14. The SMILES string of the molecule is CCOC(=O)c1cc(Cl)c(NC(=O)COc2cc(C)c(Cl)c(C)c2)cc1OC. The Bertz CT molecular complexity index is 875. The first-order valence-electron chi connectivity index (χ1n) is 8.50. The Hall–Kier alpha value is -2.44.